The van der Waals surface area contributed by atoms with Gasteiger partial charge in [0.2, 0.25) is 0 Å². The number of rotatable bonds is 8. The van der Waals surface area contributed by atoms with E-state index in [1.54, 1.807) is 0 Å². The summed E-state index contributed by atoms with van der Waals surface area (Å²) >= 11 is 0. The lowest BCUT2D eigenvalue weighted by molar-refractivity contribution is -0.532. The summed E-state index contributed by atoms with van der Waals surface area (Å²) in [5.41, 5.74) is 5.15. The number of nitrogens with one attached hydrogen (secondary N) is 1. The Balaban J connectivity index is 1.44. The zero-order valence-corrected chi connectivity index (χ0v) is 14.7. The Kier molecular flexibility index (Phi) is 6.15. The average Bonchev–Trinajstić information content (AvgIpc) is 2.65. The van der Waals surface area contributed by atoms with Crippen LogP contribution in [0.4, 0.5) is 0 Å². The molecule has 1 atom stereocenters. The van der Waals surface area contributed by atoms with Crippen molar-refractivity contribution in [2.45, 2.75) is 18.9 Å². The minimum absolute atomic E-state index is 0.365. The van der Waals surface area contributed by atoms with Crippen LogP contribution in [0, 0.1) is 0 Å². The molecule has 2 aromatic rings. The largest absolute Gasteiger partial charge is 0.385 e. The van der Waals surface area contributed by atoms with Crippen molar-refractivity contribution in [2.24, 2.45) is 0 Å². The Morgan fingerprint density at radius 3 is 2.84 bits per heavy atom. The van der Waals surface area contributed by atoms with Gasteiger partial charge in [-0.25, -0.2) is 4.58 Å². The molecular weight excluding hydrogens is 308 g/mol. The summed E-state index contributed by atoms with van der Waals surface area (Å²) in [4.78, 5) is 0. The van der Waals surface area contributed by atoms with Gasteiger partial charge in [-0.3, -0.25) is 0 Å². The second kappa shape index (κ2) is 8.75. The second-order valence-corrected chi connectivity index (χ2v) is 6.58. The number of hydrogen-bond donors (Lipinski definition) is 2. The highest BCUT2D eigenvalue weighted by Crippen LogP contribution is 2.12. The van der Waals surface area contributed by atoms with Gasteiger partial charge < -0.3 is 10.4 Å². The van der Waals surface area contributed by atoms with E-state index in [0.29, 0.717) is 13.1 Å². The Hall–Kier alpha value is -2.23. The first-order valence-electron chi connectivity index (χ1n) is 9.02. The van der Waals surface area contributed by atoms with Crippen molar-refractivity contribution < 1.29 is 9.68 Å². The number of nitrogens with zero attached hydrogens (tertiary/aromatic N) is 1. The van der Waals surface area contributed by atoms with Crippen LogP contribution in [0.3, 0.4) is 0 Å². The topological polar surface area (TPSA) is 35.3 Å². The summed E-state index contributed by atoms with van der Waals surface area (Å²) in [6.45, 7) is 6.97. The molecule has 1 aliphatic rings. The molecule has 0 saturated heterocycles. The van der Waals surface area contributed by atoms with Crippen molar-refractivity contribution in [3.8, 4) is 0 Å². The van der Waals surface area contributed by atoms with Gasteiger partial charge in [-0.05, 0) is 35.7 Å². The van der Waals surface area contributed by atoms with Gasteiger partial charge >= 0.3 is 0 Å². The molecule has 3 nitrogen and oxygen atoms in total. The van der Waals surface area contributed by atoms with Crippen LogP contribution in [0.2, 0.25) is 0 Å². The molecule has 0 aromatic heterocycles. The molecule has 3 heteroatoms. The first-order valence-corrected chi connectivity index (χ1v) is 9.02. The maximum Gasteiger partial charge on any atom is 0.171 e. The van der Waals surface area contributed by atoms with E-state index in [1.807, 2.05) is 12.1 Å². The van der Waals surface area contributed by atoms with Gasteiger partial charge in [0, 0.05) is 18.5 Å². The molecule has 1 unspecified atom stereocenters. The fourth-order valence-corrected chi connectivity index (χ4v) is 3.35. The van der Waals surface area contributed by atoms with E-state index < -0.39 is 0 Å². The van der Waals surface area contributed by atoms with Crippen molar-refractivity contribution in [1.82, 2.24) is 5.32 Å². The van der Waals surface area contributed by atoms with Crippen LogP contribution >= 0.6 is 0 Å². The van der Waals surface area contributed by atoms with E-state index in [9.17, 15) is 5.11 Å². The van der Waals surface area contributed by atoms with E-state index in [2.05, 4.69) is 65.2 Å². The quantitative estimate of drug-likeness (QED) is 0.574. The average molecular weight is 335 g/mol. The van der Waals surface area contributed by atoms with Crippen molar-refractivity contribution in [3.63, 3.8) is 0 Å². The van der Waals surface area contributed by atoms with E-state index in [-0.39, 0.29) is 6.10 Å². The molecule has 0 saturated carbocycles. The van der Waals surface area contributed by atoms with E-state index in [4.69, 9.17) is 0 Å². The number of hydrogen-bond acceptors (Lipinski definition) is 2. The molecular formula is C22H27N2O+. The predicted molar refractivity (Wildman–Crippen MR) is 104 cm³/mol. The monoisotopic (exact) mass is 335 g/mol. The van der Waals surface area contributed by atoms with E-state index in [1.165, 1.54) is 22.3 Å². The minimum Gasteiger partial charge on any atom is -0.385 e. The minimum atomic E-state index is -0.365. The predicted octanol–water partition coefficient (Wildman–Crippen LogP) is 2.51. The highest BCUT2D eigenvalue weighted by molar-refractivity contribution is 5.78. The highest BCUT2D eigenvalue weighted by Gasteiger charge is 2.18. The summed E-state index contributed by atoms with van der Waals surface area (Å²) in [6, 6.07) is 16.8. The fourth-order valence-electron chi connectivity index (χ4n) is 3.35. The Morgan fingerprint density at radius 1 is 1.16 bits per heavy atom. The maximum absolute atomic E-state index is 10.3. The SMILES string of the molecule is C=Cc1ccccc1CCNCC(O)C[N+]1=Cc2ccccc2CC1. The van der Waals surface area contributed by atoms with E-state index in [0.717, 1.165) is 25.9 Å². The van der Waals surface area contributed by atoms with Gasteiger partial charge in [0.05, 0.1) is 0 Å². The van der Waals surface area contributed by atoms with Gasteiger partial charge in [-0.15, -0.1) is 0 Å². The first-order chi connectivity index (χ1) is 12.3. The summed E-state index contributed by atoms with van der Waals surface area (Å²) in [7, 11) is 0. The molecule has 130 valence electrons. The number of β-amino-alcohol motifs (C(OH)–C–C–N with tert-alkyl or cyclic N) is 1. The third kappa shape index (κ3) is 4.88. The normalized spacial score (nSPS) is 14.5. The Labute approximate surface area is 150 Å². The van der Waals surface area contributed by atoms with Crippen molar-refractivity contribution in [3.05, 3.63) is 77.4 Å². The molecule has 2 N–H and O–H groups in total. The van der Waals surface area contributed by atoms with Crippen LogP contribution in [0.15, 0.2) is 55.1 Å². The molecule has 1 aliphatic heterocycles. The molecule has 25 heavy (non-hydrogen) atoms. The van der Waals surface area contributed by atoms with Crippen molar-refractivity contribution in [1.29, 1.82) is 0 Å². The van der Waals surface area contributed by atoms with Crippen LogP contribution in [-0.4, -0.2) is 48.2 Å². The van der Waals surface area contributed by atoms with Crippen LogP contribution in [0.25, 0.3) is 6.08 Å². The maximum atomic E-state index is 10.3. The van der Waals surface area contributed by atoms with Gasteiger partial charge in [-0.1, -0.05) is 55.1 Å². The Bertz CT molecular complexity index is 751. The first kappa shape index (κ1) is 17.6. The summed E-state index contributed by atoms with van der Waals surface area (Å²) in [5.74, 6) is 0. The van der Waals surface area contributed by atoms with E-state index >= 15 is 0 Å². The lowest BCUT2D eigenvalue weighted by Crippen LogP contribution is -2.37. The highest BCUT2D eigenvalue weighted by atomic mass is 16.3. The number of fused-ring (bicyclic) bond motifs is 1. The lowest BCUT2D eigenvalue weighted by atomic mass is 10.0. The molecule has 0 spiro atoms. The second-order valence-electron chi connectivity index (χ2n) is 6.58. The molecule has 0 radical (unpaired) electrons. The van der Waals surface area contributed by atoms with Gasteiger partial charge in [0.1, 0.15) is 12.6 Å². The van der Waals surface area contributed by atoms with Crippen molar-refractivity contribution in [2.75, 3.05) is 26.2 Å². The summed E-state index contributed by atoms with van der Waals surface area (Å²) < 4.78 is 2.22. The zero-order valence-electron chi connectivity index (χ0n) is 14.7. The lowest BCUT2D eigenvalue weighted by Gasteiger charge is -2.15. The molecule has 0 bridgehead atoms. The third-order valence-corrected chi connectivity index (χ3v) is 4.72. The fraction of sp³-hybridized carbons (Fsp3) is 0.318. The third-order valence-electron chi connectivity index (χ3n) is 4.72. The van der Waals surface area contributed by atoms with Crippen LogP contribution < -0.4 is 5.32 Å². The summed E-state index contributed by atoms with van der Waals surface area (Å²) in [6.07, 6.45) is 5.69. The van der Waals surface area contributed by atoms with Crippen LogP contribution in [-0.2, 0) is 12.8 Å². The van der Waals surface area contributed by atoms with Gasteiger partial charge in [-0.2, -0.15) is 0 Å². The van der Waals surface area contributed by atoms with Crippen LogP contribution in [0.1, 0.15) is 22.3 Å². The smallest absolute Gasteiger partial charge is 0.171 e. The molecule has 0 amide bonds. The molecule has 1 heterocycles. The number of aliphatic hydroxyl groups is 1. The van der Waals surface area contributed by atoms with Crippen molar-refractivity contribution >= 4 is 12.3 Å². The summed E-state index contributed by atoms with van der Waals surface area (Å²) in [5, 5.41) is 13.7. The number of benzene rings is 2. The van der Waals surface area contributed by atoms with Crippen LogP contribution in [0.5, 0.6) is 0 Å². The van der Waals surface area contributed by atoms with Gasteiger partial charge in [0.25, 0.3) is 0 Å². The molecule has 2 aromatic carbocycles. The van der Waals surface area contributed by atoms with Gasteiger partial charge in [0.15, 0.2) is 12.8 Å². The molecule has 0 fully saturated rings. The molecule has 3 rings (SSSR count). The Morgan fingerprint density at radius 2 is 1.96 bits per heavy atom. The zero-order chi connectivity index (χ0) is 17.5. The molecule has 0 aliphatic carbocycles. The number of aliphatic hydroxyl groups excluding tert-OH is 1. The standard InChI is InChI=1S/C22H27N2O/c1-2-18-7-3-4-8-19(18)11-13-23-15-22(25)17-24-14-12-20-9-5-6-10-21(20)16-24/h2-10,16,22-23,25H,1,11-15,17H2/q+1.